The first kappa shape index (κ1) is 14.5. The van der Waals surface area contributed by atoms with Gasteiger partial charge in [-0.1, -0.05) is 6.58 Å². The zero-order valence-corrected chi connectivity index (χ0v) is 10.5. The van der Waals surface area contributed by atoms with Gasteiger partial charge in [0.15, 0.2) is 11.5 Å². The van der Waals surface area contributed by atoms with Crippen LogP contribution >= 0.6 is 0 Å². The molecule has 0 fully saturated rings. The number of hydrogen-bond acceptors (Lipinski definition) is 5. The van der Waals surface area contributed by atoms with Crippen molar-refractivity contribution in [2.24, 2.45) is 0 Å². The Kier molecular flexibility index (Phi) is 4.46. The zero-order valence-electron chi connectivity index (χ0n) is 10.5. The van der Waals surface area contributed by atoms with Gasteiger partial charge in [0.2, 0.25) is 0 Å². The van der Waals surface area contributed by atoms with Gasteiger partial charge in [-0.2, -0.15) is 0 Å². The van der Waals surface area contributed by atoms with Crippen molar-refractivity contribution < 1.29 is 24.3 Å². The predicted octanol–water partition coefficient (Wildman–Crippen LogP) is 1.80. The van der Waals surface area contributed by atoms with Crippen molar-refractivity contribution in [3.05, 3.63) is 40.0 Å². The Morgan fingerprint density at radius 3 is 2.32 bits per heavy atom. The number of carbonyl (C=O) groups is 1. The number of nitro benzene ring substituents is 1. The normalized spacial score (nSPS) is 9.79. The van der Waals surface area contributed by atoms with Crippen LogP contribution < -0.4 is 9.47 Å². The summed E-state index contributed by atoms with van der Waals surface area (Å²) in [4.78, 5) is 21.1. The van der Waals surface area contributed by atoms with Crippen LogP contribution in [0.4, 0.5) is 5.69 Å². The summed E-state index contributed by atoms with van der Waals surface area (Å²) in [6.07, 6.45) is -0.147. The molecule has 0 saturated heterocycles. The van der Waals surface area contributed by atoms with Crippen LogP contribution in [-0.4, -0.2) is 30.2 Å². The van der Waals surface area contributed by atoms with E-state index in [0.717, 1.165) is 0 Å². The van der Waals surface area contributed by atoms with E-state index < -0.39 is 10.9 Å². The highest BCUT2D eigenvalue weighted by Crippen LogP contribution is 2.35. The van der Waals surface area contributed by atoms with E-state index in [1.165, 1.54) is 26.4 Å². The molecule has 7 nitrogen and oxygen atoms in total. The van der Waals surface area contributed by atoms with Gasteiger partial charge in [-0.25, -0.2) is 4.79 Å². The fraction of sp³-hybridized carbons (Fsp3) is 0.250. The van der Waals surface area contributed by atoms with Gasteiger partial charge in [-0.3, -0.25) is 10.1 Å². The Labute approximate surface area is 109 Å². The van der Waals surface area contributed by atoms with E-state index in [1.54, 1.807) is 0 Å². The third kappa shape index (κ3) is 3.21. The van der Waals surface area contributed by atoms with Gasteiger partial charge in [-0.05, 0) is 6.07 Å². The van der Waals surface area contributed by atoms with Crippen molar-refractivity contribution in [1.82, 2.24) is 0 Å². The number of nitro groups is 1. The van der Waals surface area contributed by atoms with E-state index in [0.29, 0.717) is 5.75 Å². The maximum absolute atomic E-state index is 11.0. The van der Waals surface area contributed by atoms with E-state index in [4.69, 9.17) is 14.6 Å². The number of benzene rings is 1. The number of carboxylic acid groups (broad SMARTS) is 1. The van der Waals surface area contributed by atoms with Crippen molar-refractivity contribution in [2.75, 3.05) is 14.2 Å². The van der Waals surface area contributed by atoms with Gasteiger partial charge >= 0.3 is 5.97 Å². The lowest BCUT2D eigenvalue weighted by molar-refractivity contribution is -0.385. The fourth-order valence-corrected chi connectivity index (χ4v) is 1.53. The average molecular weight is 267 g/mol. The lowest BCUT2D eigenvalue weighted by Gasteiger charge is -2.10. The minimum atomic E-state index is -1.20. The highest BCUT2D eigenvalue weighted by Gasteiger charge is 2.21. The number of rotatable bonds is 6. The molecule has 0 bridgehead atoms. The quantitative estimate of drug-likeness (QED) is 0.479. The molecule has 0 aromatic heterocycles. The van der Waals surface area contributed by atoms with Crippen molar-refractivity contribution in [1.29, 1.82) is 0 Å². The topological polar surface area (TPSA) is 98.9 Å². The summed E-state index contributed by atoms with van der Waals surface area (Å²) in [5.74, 6) is -0.704. The van der Waals surface area contributed by atoms with E-state index in [1.807, 2.05) is 0 Å². The minimum Gasteiger partial charge on any atom is -0.493 e. The number of methoxy groups -OCH3 is 2. The molecule has 0 aliphatic carbocycles. The number of nitrogens with zero attached hydrogens (tertiary/aromatic N) is 1. The van der Waals surface area contributed by atoms with Gasteiger partial charge in [0, 0.05) is 17.6 Å². The monoisotopic (exact) mass is 267 g/mol. The predicted molar refractivity (Wildman–Crippen MR) is 66.7 cm³/mol. The molecule has 102 valence electrons. The van der Waals surface area contributed by atoms with E-state index in [2.05, 4.69) is 6.58 Å². The van der Waals surface area contributed by atoms with E-state index in [-0.39, 0.29) is 29.0 Å². The Bertz CT molecular complexity index is 537. The lowest BCUT2D eigenvalue weighted by atomic mass is 10.0. The minimum absolute atomic E-state index is 0.143. The standard InChI is InChI=1S/C12H13NO6/c1-7(12(14)15)4-8-5-10(18-2)11(19-3)6-9(8)13(16)17/h5-6H,1,4H2,2-3H3,(H,14,15). The summed E-state index contributed by atoms with van der Waals surface area (Å²) in [5.41, 5.74) is -0.176. The summed E-state index contributed by atoms with van der Waals surface area (Å²) < 4.78 is 10.00. The summed E-state index contributed by atoms with van der Waals surface area (Å²) >= 11 is 0. The van der Waals surface area contributed by atoms with Crippen LogP contribution in [-0.2, 0) is 11.2 Å². The Morgan fingerprint density at radius 2 is 1.89 bits per heavy atom. The number of carboxylic acids is 1. The summed E-state index contributed by atoms with van der Waals surface area (Å²) in [6, 6.07) is 2.58. The zero-order chi connectivity index (χ0) is 14.6. The first-order chi connectivity index (χ1) is 8.90. The molecule has 0 aliphatic rings. The second-order valence-electron chi connectivity index (χ2n) is 3.68. The Balaban J connectivity index is 3.31. The number of hydrogen-bond donors (Lipinski definition) is 1. The van der Waals surface area contributed by atoms with Crippen LogP contribution in [0.5, 0.6) is 11.5 Å². The van der Waals surface area contributed by atoms with Gasteiger partial charge in [0.1, 0.15) is 0 Å². The van der Waals surface area contributed by atoms with Gasteiger partial charge < -0.3 is 14.6 Å². The van der Waals surface area contributed by atoms with E-state index >= 15 is 0 Å². The average Bonchev–Trinajstić information content (AvgIpc) is 2.37. The second kappa shape index (κ2) is 5.85. The highest BCUT2D eigenvalue weighted by molar-refractivity contribution is 5.86. The van der Waals surface area contributed by atoms with Crippen molar-refractivity contribution >= 4 is 11.7 Å². The van der Waals surface area contributed by atoms with Crippen molar-refractivity contribution in [2.45, 2.75) is 6.42 Å². The van der Waals surface area contributed by atoms with Crippen molar-refractivity contribution in [3.63, 3.8) is 0 Å². The molecule has 0 radical (unpaired) electrons. The van der Waals surface area contributed by atoms with E-state index in [9.17, 15) is 14.9 Å². The smallest absolute Gasteiger partial charge is 0.331 e. The number of aliphatic carboxylic acids is 1. The molecule has 0 saturated carbocycles. The fourth-order valence-electron chi connectivity index (χ4n) is 1.53. The number of ether oxygens (including phenoxy) is 2. The first-order valence-electron chi connectivity index (χ1n) is 5.21. The summed E-state index contributed by atoms with van der Waals surface area (Å²) in [5, 5.41) is 19.7. The van der Waals surface area contributed by atoms with Crippen LogP contribution in [0.2, 0.25) is 0 Å². The second-order valence-corrected chi connectivity index (χ2v) is 3.68. The maximum Gasteiger partial charge on any atom is 0.331 e. The third-order valence-corrected chi connectivity index (χ3v) is 2.49. The van der Waals surface area contributed by atoms with Gasteiger partial charge in [-0.15, -0.1) is 0 Å². The molecule has 0 aliphatic heterocycles. The van der Waals surface area contributed by atoms with Crippen LogP contribution in [0.3, 0.4) is 0 Å². The van der Waals surface area contributed by atoms with Crippen LogP contribution in [0.25, 0.3) is 0 Å². The summed E-state index contributed by atoms with van der Waals surface area (Å²) in [6.45, 7) is 3.35. The third-order valence-electron chi connectivity index (χ3n) is 2.49. The SMILES string of the molecule is C=C(Cc1cc(OC)c(OC)cc1[N+](=O)[O-])C(=O)O. The Morgan fingerprint density at radius 1 is 1.37 bits per heavy atom. The maximum atomic E-state index is 11.0. The molecular weight excluding hydrogens is 254 g/mol. The van der Waals surface area contributed by atoms with Gasteiger partial charge in [0.05, 0.1) is 25.2 Å². The van der Waals surface area contributed by atoms with Crippen LogP contribution in [0.1, 0.15) is 5.56 Å². The molecule has 0 spiro atoms. The highest BCUT2D eigenvalue weighted by atomic mass is 16.6. The molecule has 1 aromatic carbocycles. The molecule has 1 N–H and O–H groups in total. The summed E-state index contributed by atoms with van der Waals surface area (Å²) in [7, 11) is 2.75. The van der Waals surface area contributed by atoms with Crippen LogP contribution in [0.15, 0.2) is 24.3 Å². The van der Waals surface area contributed by atoms with Crippen LogP contribution in [0, 0.1) is 10.1 Å². The van der Waals surface area contributed by atoms with Crippen molar-refractivity contribution in [3.8, 4) is 11.5 Å². The Hall–Kier alpha value is -2.57. The molecule has 0 amide bonds. The molecule has 0 atom stereocenters. The molecule has 1 aromatic rings. The molecule has 1 rings (SSSR count). The molecule has 7 heteroatoms. The molecule has 19 heavy (non-hydrogen) atoms. The van der Waals surface area contributed by atoms with Gasteiger partial charge in [0.25, 0.3) is 5.69 Å². The largest absolute Gasteiger partial charge is 0.493 e. The molecule has 0 heterocycles. The lowest BCUT2D eigenvalue weighted by Crippen LogP contribution is -2.05. The molecular formula is C12H13NO6. The first-order valence-corrected chi connectivity index (χ1v) is 5.21. The molecule has 0 unspecified atom stereocenters.